The van der Waals surface area contributed by atoms with E-state index in [2.05, 4.69) is 32.6 Å². The average Bonchev–Trinajstić information content (AvgIpc) is 3.22. The Labute approximate surface area is 265 Å². The van der Waals surface area contributed by atoms with Crippen LogP contribution >= 0.6 is 23.2 Å². The van der Waals surface area contributed by atoms with Crippen LogP contribution in [0, 0.1) is 11.3 Å². The first-order chi connectivity index (χ1) is 20.3. The molecule has 1 aromatic carbocycles. The number of ether oxygens (including phenoxy) is 1. The molecular weight excluding hydrogens is 613 g/mol. The van der Waals surface area contributed by atoms with Crippen LogP contribution in [0.3, 0.4) is 0 Å². The first kappa shape index (κ1) is 33.2. The number of carboxylic acids is 1. The van der Waals surface area contributed by atoms with Crippen LogP contribution in [-0.4, -0.2) is 83.9 Å². The van der Waals surface area contributed by atoms with Gasteiger partial charge in [-0.2, -0.15) is 4.80 Å². The molecule has 1 saturated carbocycles. The van der Waals surface area contributed by atoms with Gasteiger partial charge in [-0.15, -0.1) is 16.8 Å². The first-order valence-corrected chi connectivity index (χ1v) is 14.8. The highest BCUT2D eigenvalue weighted by Crippen LogP contribution is 2.45. The van der Waals surface area contributed by atoms with Crippen molar-refractivity contribution in [3.05, 3.63) is 40.9 Å². The van der Waals surface area contributed by atoms with Gasteiger partial charge in [-0.3, -0.25) is 9.59 Å². The molecule has 5 atom stereocenters. The van der Waals surface area contributed by atoms with Crippen molar-refractivity contribution in [3.8, 4) is 11.4 Å². The third-order valence-electron chi connectivity index (χ3n) is 7.54. The predicted octanol–water partition coefficient (Wildman–Crippen LogP) is 3.87. The van der Waals surface area contributed by atoms with E-state index in [1.165, 1.54) is 15.8 Å². The van der Waals surface area contributed by atoms with Crippen LogP contribution in [0.5, 0.6) is 0 Å². The Morgan fingerprint density at radius 1 is 1.14 bits per heavy atom. The number of rotatable bonds is 8. The maximum absolute atomic E-state index is 14.2. The van der Waals surface area contributed by atoms with Crippen LogP contribution < -0.4 is 10.6 Å². The van der Waals surface area contributed by atoms with Crippen molar-refractivity contribution >= 4 is 47.1 Å². The van der Waals surface area contributed by atoms with E-state index in [0.29, 0.717) is 15.6 Å². The fourth-order valence-corrected chi connectivity index (χ4v) is 5.74. The number of hydrogen-bond donors (Lipinski definition) is 3. The smallest absolute Gasteiger partial charge is 0.408 e. The quantitative estimate of drug-likeness (QED) is 0.359. The number of aliphatic carboxylic acids is 1. The van der Waals surface area contributed by atoms with E-state index >= 15 is 0 Å². The minimum Gasteiger partial charge on any atom is -0.479 e. The Hall–Kier alpha value is -3.71. The molecular formula is C29H37Cl2N7O6. The molecule has 3 N–H and O–H groups in total. The SMILES string of the molecule is C=CC1CC1(NC(=O)C1CC(n2nnc(-c3cc(Cl)cc(Cl)c3)n2)CN1C(=O)C(NC(=O)OC(C)(C)C)C(C)(C)C)C(=O)O. The molecule has 15 heteroatoms. The zero-order chi connectivity index (χ0) is 32.8. The number of hydrogen-bond acceptors (Lipinski definition) is 8. The number of carbonyl (C=O) groups is 4. The van der Waals surface area contributed by atoms with E-state index in [4.69, 9.17) is 27.9 Å². The summed E-state index contributed by atoms with van der Waals surface area (Å²) >= 11 is 12.3. The minimum atomic E-state index is -1.51. The highest BCUT2D eigenvalue weighted by atomic mass is 35.5. The molecule has 2 heterocycles. The van der Waals surface area contributed by atoms with Crippen molar-refractivity contribution in [2.45, 2.75) is 83.6 Å². The molecule has 1 aliphatic carbocycles. The summed E-state index contributed by atoms with van der Waals surface area (Å²) in [5, 5.41) is 28.7. The molecule has 13 nitrogen and oxygen atoms in total. The number of tetrazole rings is 1. The van der Waals surface area contributed by atoms with Crippen LogP contribution in [0.2, 0.25) is 10.0 Å². The lowest BCUT2D eigenvalue weighted by molar-refractivity contribution is -0.146. The van der Waals surface area contributed by atoms with Crippen LogP contribution in [-0.2, 0) is 19.1 Å². The maximum Gasteiger partial charge on any atom is 0.408 e. The van der Waals surface area contributed by atoms with Gasteiger partial charge in [0.1, 0.15) is 23.2 Å². The van der Waals surface area contributed by atoms with E-state index in [-0.39, 0.29) is 25.2 Å². The molecule has 1 saturated heterocycles. The summed E-state index contributed by atoms with van der Waals surface area (Å²) < 4.78 is 5.40. The fourth-order valence-electron chi connectivity index (χ4n) is 5.21. The number of aromatic nitrogens is 4. The molecule has 4 rings (SSSR count). The molecule has 1 aliphatic heterocycles. The van der Waals surface area contributed by atoms with Gasteiger partial charge in [-0.05, 0) is 56.0 Å². The highest BCUT2D eigenvalue weighted by Gasteiger charge is 2.61. The van der Waals surface area contributed by atoms with Crippen molar-refractivity contribution in [1.82, 2.24) is 35.7 Å². The van der Waals surface area contributed by atoms with Gasteiger partial charge in [0, 0.05) is 34.5 Å². The third kappa shape index (κ3) is 7.15. The van der Waals surface area contributed by atoms with E-state index in [1.54, 1.807) is 59.7 Å². The largest absolute Gasteiger partial charge is 0.479 e. The van der Waals surface area contributed by atoms with Crippen molar-refractivity contribution in [2.75, 3.05) is 6.54 Å². The Bertz CT molecular complexity index is 1460. The van der Waals surface area contributed by atoms with Crippen LogP contribution in [0.25, 0.3) is 11.4 Å². The normalized spacial score (nSPS) is 23.9. The third-order valence-corrected chi connectivity index (χ3v) is 7.98. The number of alkyl carbamates (subject to hydrolysis) is 1. The van der Waals surface area contributed by atoms with E-state index in [1.807, 2.05) is 0 Å². The Balaban J connectivity index is 1.66. The number of carboxylic acid groups (broad SMARTS) is 1. The number of carbonyl (C=O) groups excluding carboxylic acids is 3. The molecule has 0 spiro atoms. The fraction of sp³-hybridized carbons (Fsp3) is 0.552. The van der Waals surface area contributed by atoms with Gasteiger partial charge >= 0.3 is 12.1 Å². The van der Waals surface area contributed by atoms with Crippen molar-refractivity contribution < 1.29 is 29.0 Å². The lowest BCUT2D eigenvalue weighted by Crippen LogP contribution is -2.59. The van der Waals surface area contributed by atoms with Gasteiger partial charge in [0.2, 0.25) is 17.6 Å². The number of halogens is 2. The van der Waals surface area contributed by atoms with Crippen LogP contribution in [0.1, 0.15) is 60.4 Å². The maximum atomic E-state index is 14.2. The molecule has 2 fully saturated rings. The van der Waals surface area contributed by atoms with Crippen molar-refractivity contribution in [3.63, 3.8) is 0 Å². The molecule has 44 heavy (non-hydrogen) atoms. The van der Waals surface area contributed by atoms with Crippen LogP contribution in [0.15, 0.2) is 30.9 Å². The minimum absolute atomic E-state index is 0.0173. The van der Waals surface area contributed by atoms with Gasteiger partial charge in [-0.25, -0.2) is 9.59 Å². The highest BCUT2D eigenvalue weighted by molar-refractivity contribution is 6.35. The second-order valence-corrected chi connectivity index (χ2v) is 14.1. The molecule has 2 aliphatic rings. The van der Waals surface area contributed by atoms with E-state index in [0.717, 1.165) is 0 Å². The van der Waals surface area contributed by atoms with Gasteiger partial charge in [0.05, 0.1) is 6.04 Å². The average molecular weight is 651 g/mol. The Morgan fingerprint density at radius 2 is 1.77 bits per heavy atom. The number of nitrogens with zero attached hydrogens (tertiary/aromatic N) is 5. The summed E-state index contributed by atoms with van der Waals surface area (Å²) in [4.78, 5) is 55.4. The van der Waals surface area contributed by atoms with Crippen molar-refractivity contribution in [1.29, 1.82) is 0 Å². The van der Waals surface area contributed by atoms with Gasteiger partial charge < -0.3 is 25.4 Å². The summed E-state index contributed by atoms with van der Waals surface area (Å²) in [6, 6.07) is 2.02. The molecule has 2 aromatic rings. The second kappa shape index (κ2) is 12.0. The zero-order valence-corrected chi connectivity index (χ0v) is 26.9. The van der Waals surface area contributed by atoms with E-state index in [9.17, 15) is 24.3 Å². The lowest BCUT2D eigenvalue weighted by atomic mass is 9.85. The second-order valence-electron chi connectivity index (χ2n) is 13.2. The standard InChI is InChI=1S/C29H37Cl2N7O6/c1-8-16-13-29(16,25(41)42)33-23(39)20-12-19(38-35-22(34-36-38)15-9-17(30)11-18(31)10-15)14-37(20)24(40)21(27(2,3)4)32-26(43)44-28(5,6)7/h8-11,16,19-21H,1,12-14H2,2-7H3,(H,32,43)(H,33,39)(H,41,42). The Morgan fingerprint density at radius 3 is 2.30 bits per heavy atom. The molecule has 3 amide bonds. The molecule has 5 unspecified atom stereocenters. The molecule has 0 radical (unpaired) electrons. The topological polar surface area (TPSA) is 169 Å². The van der Waals surface area contributed by atoms with Crippen molar-refractivity contribution in [2.24, 2.45) is 11.3 Å². The predicted molar refractivity (Wildman–Crippen MR) is 162 cm³/mol. The van der Waals surface area contributed by atoms with Gasteiger partial charge in [-0.1, -0.05) is 50.0 Å². The summed E-state index contributed by atoms with van der Waals surface area (Å²) in [7, 11) is 0. The van der Waals surface area contributed by atoms with E-state index < -0.39 is 64.5 Å². The zero-order valence-electron chi connectivity index (χ0n) is 25.4. The molecule has 238 valence electrons. The number of amides is 3. The summed E-state index contributed by atoms with van der Waals surface area (Å²) in [5.41, 5.74) is -2.58. The lowest BCUT2D eigenvalue weighted by Gasteiger charge is -2.36. The Kier molecular flexibility index (Phi) is 9.05. The monoisotopic (exact) mass is 649 g/mol. The van der Waals surface area contributed by atoms with Gasteiger partial charge in [0.15, 0.2) is 0 Å². The van der Waals surface area contributed by atoms with Gasteiger partial charge in [0.25, 0.3) is 0 Å². The first-order valence-electron chi connectivity index (χ1n) is 14.1. The molecule has 0 bridgehead atoms. The number of nitrogens with one attached hydrogen (secondary N) is 2. The summed E-state index contributed by atoms with van der Waals surface area (Å²) in [5.74, 6) is -2.61. The number of benzene rings is 1. The molecule has 1 aromatic heterocycles. The summed E-state index contributed by atoms with van der Waals surface area (Å²) in [6.45, 7) is 14.1. The summed E-state index contributed by atoms with van der Waals surface area (Å²) in [6.07, 6.45) is 0.935. The van der Waals surface area contributed by atoms with Crippen LogP contribution in [0.4, 0.5) is 4.79 Å². The number of likely N-dealkylation sites (tertiary alicyclic amines) is 1.